The van der Waals surface area contributed by atoms with Crippen molar-refractivity contribution >= 4 is 51.9 Å². The molecule has 0 fully saturated rings. The Hall–Kier alpha value is -2.80. The molecule has 9 nitrogen and oxygen atoms in total. The Labute approximate surface area is 235 Å². The van der Waals surface area contributed by atoms with Gasteiger partial charge in [0.05, 0.1) is 32.2 Å². The topological polar surface area (TPSA) is 119 Å². The summed E-state index contributed by atoms with van der Waals surface area (Å²) in [4.78, 5) is 16.6. The van der Waals surface area contributed by atoms with Crippen LogP contribution in [0.2, 0.25) is 5.02 Å². The lowest BCUT2D eigenvalue weighted by Gasteiger charge is -2.23. The zero-order valence-electron chi connectivity index (χ0n) is 20.8. The second kappa shape index (κ2) is 12.2. The van der Waals surface area contributed by atoms with Gasteiger partial charge in [0.15, 0.2) is 5.82 Å². The van der Waals surface area contributed by atoms with E-state index in [4.69, 9.17) is 31.7 Å². The van der Waals surface area contributed by atoms with Gasteiger partial charge in [0, 0.05) is 43.7 Å². The molecule has 3 heterocycles. The van der Waals surface area contributed by atoms with E-state index < -0.39 is 6.10 Å². The van der Waals surface area contributed by atoms with Crippen LogP contribution < -0.4 is 20.3 Å². The number of aliphatic hydroxyl groups excluding tert-OH is 1. The number of ether oxygens (including phenoxy) is 1. The highest BCUT2D eigenvalue weighted by molar-refractivity contribution is 14.1. The zero-order chi connectivity index (χ0) is 26.5. The first-order valence-corrected chi connectivity index (χ1v) is 13.2. The Kier molecular flexibility index (Phi) is 8.95. The van der Waals surface area contributed by atoms with E-state index in [0.717, 1.165) is 28.3 Å². The largest absolute Gasteiger partial charge is 0.491 e. The van der Waals surface area contributed by atoms with Gasteiger partial charge in [0.25, 0.3) is 0 Å². The van der Waals surface area contributed by atoms with Crippen LogP contribution in [0.5, 0.6) is 5.75 Å². The molecule has 0 radical (unpaired) electrons. The molecule has 4 N–H and O–H groups in total. The molecule has 3 aromatic rings. The molecule has 0 aliphatic carbocycles. The van der Waals surface area contributed by atoms with Gasteiger partial charge in [-0.2, -0.15) is 0 Å². The summed E-state index contributed by atoms with van der Waals surface area (Å²) in [6.45, 7) is 3.86. The standard InChI is InChI=1S/C26H29ClIN7O2/c1-15-23(24(31-3)21(28)10-29)33-25(34-26(15)35-12-16-5-4-8-32-22(16)13-35)19-9-18(6-7-20(19)27)37-14-17(36)11-30-2/h4-10,17,29-31,36H,11-14H2,1-3H3/b24-21+,29-10?/t17-/m1/s1. The van der Waals surface area contributed by atoms with E-state index in [1.165, 1.54) is 6.21 Å². The minimum atomic E-state index is -0.644. The van der Waals surface area contributed by atoms with Gasteiger partial charge in [0.1, 0.15) is 24.3 Å². The third kappa shape index (κ3) is 6.03. The molecule has 2 aromatic heterocycles. The molecule has 0 saturated carbocycles. The predicted octanol–water partition coefficient (Wildman–Crippen LogP) is 3.95. The number of likely N-dealkylation sites (N-methyl/N-ethyl adjacent to an activating group) is 1. The number of nitrogens with one attached hydrogen (secondary N) is 3. The number of allylic oxidation sites excluding steroid dienone is 1. The van der Waals surface area contributed by atoms with Crippen molar-refractivity contribution in [3.63, 3.8) is 0 Å². The molecule has 0 saturated heterocycles. The number of hydrogen-bond acceptors (Lipinski definition) is 9. The molecule has 0 unspecified atom stereocenters. The number of hydrogen-bond donors (Lipinski definition) is 4. The van der Waals surface area contributed by atoms with E-state index >= 15 is 0 Å². The normalized spacial score (nSPS) is 14.2. The van der Waals surface area contributed by atoms with Crippen LogP contribution >= 0.6 is 34.2 Å². The van der Waals surface area contributed by atoms with Crippen LogP contribution in [-0.4, -0.2) is 59.6 Å². The highest BCUT2D eigenvalue weighted by atomic mass is 127. The molecule has 0 amide bonds. The molecule has 0 bridgehead atoms. The third-order valence-corrected chi connectivity index (χ3v) is 7.20. The van der Waals surface area contributed by atoms with Gasteiger partial charge in [0.2, 0.25) is 0 Å². The highest BCUT2D eigenvalue weighted by Crippen LogP contribution is 2.36. The van der Waals surface area contributed by atoms with Crippen LogP contribution in [0, 0.1) is 12.3 Å². The minimum Gasteiger partial charge on any atom is -0.491 e. The first-order valence-electron chi connectivity index (χ1n) is 11.8. The summed E-state index contributed by atoms with van der Waals surface area (Å²) in [6.07, 6.45) is 2.45. The maximum atomic E-state index is 10.0. The summed E-state index contributed by atoms with van der Waals surface area (Å²) in [5.74, 6) is 1.76. The molecule has 4 rings (SSSR count). The van der Waals surface area contributed by atoms with E-state index in [2.05, 4.69) is 49.2 Å². The number of anilines is 1. The van der Waals surface area contributed by atoms with Crippen LogP contribution in [0.15, 0.2) is 40.1 Å². The highest BCUT2D eigenvalue weighted by Gasteiger charge is 2.26. The maximum Gasteiger partial charge on any atom is 0.163 e. The van der Waals surface area contributed by atoms with Crippen molar-refractivity contribution < 1.29 is 9.84 Å². The molecule has 1 aliphatic heterocycles. The van der Waals surface area contributed by atoms with Crippen molar-refractivity contribution in [1.82, 2.24) is 25.6 Å². The zero-order valence-corrected chi connectivity index (χ0v) is 23.8. The fourth-order valence-electron chi connectivity index (χ4n) is 4.20. The Bertz CT molecular complexity index is 1310. The summed E-state index contributed by atoms with van der Waals surface area (Å²) in [7, 11) is 3.59. The van der Waals surface area contributed by atoms with E-state index in [-0.39, 0.29) is 6.61 Å². The first-order chi connectivity index (χ1) is 17.9. The lowest BCUT2D eigenvalue weighted by molar-refractivity contribution is 0.108. The van der Waals surface area contributed by atoms with Crippen LogP contribution in [-0.2, 0) is 13.1 Å². The van der Waals surface area contributed by atoms with E-state index in [1.807, 2.05) is 20.0 Å². The number of nitrogens with zero attached hydrogens (tertiary/aromatic N) is 4. The predicted molar refractivity (Wildman–Crippen MR) is 156 cm³/mol. The molecule has 11 heteroatoms. The molecular formula is C26H29ClIN7O2. The number of aliphatic hydroxyl groups is 1. The van der Waals surface area contributed by atoms with Gasteiger partial charge in [-0.15, -0.1) is 0 Å². The number of rotatable bonds is 10. The Morgan fingerprint density at radius 2 is 2.11 bits per heavy atom. The first kappa shape index (κ1) is 27.2. The van der Waals surface area contributed by atoms with E-state index in [1.54, 1.807) is 31.4 Å². The molecular weight excluding hydrogens is 605 g/mol. The van der Waals surface area contributed by atoms with Crippen LogP contribution in [0.1, 0.15) is 22.5 Å². The molecule has 1 aliphatic rings. The Balaban J connectivity index is 1.81. The summed E-state index contributed by atoms with van der Waals surface area (Å²) in [5.41, 5.74) is 5.10. The SMILES string of the molecule is CNC[C@@H](O)COc1ccc(Cl)c(-c2nc(/C(NC)=C(\I)C=N)c(C)c(N3Cc4cccnc4C3)n2)c1. The average Bonchev–Trinajstić information content (AvgIpc) is 3.33. The molecule has 194 valence electrons. The number of halogens is 2. The molecule has 37 heavy (non-hydrogen) atoms. The van der Waals surface area contributed by atoms with Gasteiger partial charge in [-0.3, -0.25) is 4.98 Å². The van der Waals surface area contributed by atoms with Crippen molar-refractivity contribution in [3.8, 4) is 17.1 Å². The Morgan fingerprint density at radius 3 is 2.81 bits per heavy atom. The van der Waals surface area contributed by atoms with Gasteiger partial charge in [-0.1, -0.05) is 17.7 Å². The van der Waals surface area contributed by atoms with Crippen molar-refractivity contribution in [2.75, 3.05) is 32.1 Å². The number of pyridine rings is 1. The van der Waals surface area contributed by atoms with Gasteiger partial charge < -0.3 is 30.8 Å². The second-order valence-electron chi connectivity index (χ2n) is 8.59. The lowest BCUT2D eigenvalue weighted by atomic mass is 10.1. The van der Waals surface area contributed by atoms with Crippen LogP contribution in [0.25, 0.3) is 17.1 Å². The maximum absolute atomic E-state index is 10.0. The minimum absolute atomic E-state index is 0.135. The summed E-state index contributed by atoms with van der Waals surface area (Å²) < 4.78 is 6.53. The molecule has 1 atom stereocenters. The quantitative estimate of drug-likeness (QED) is 0.196. The molecule has 0 spiro atoms. The van der Waals surface area contributed by atoms with Crippen molar-refractivity contribution in [1.29, 1.82) is 5.41 Å². The molecule has 1 aromatic carbocycles. The number of benzene rings is 1. The van der Waals surface area contributed by atoms with Crippen molar-refractivity contribution in [3.05, 3.63) is 67.6 Å². The Morgan fingerprint density at radius 1 is 1.30 bits per heavy atom. The van der Waals surface area contributed by atoms with Crippen LogP contribution in [0.4, 0.5) is 5.82 Å². The summed E-state index contributed by atoms with van der Waals surface area (Å²) in [5, 5.41) is 24.4. The summed E-state index contributed by atoms with van der Waals surface area (Å²) in [6, 6.07) is 9.31. The van der Waals surface area contributed by atoms with Gasteiger partial charge in [-0.05, 0) is 66.4 Å². The lowest BCUT2D eigenvalue weighted by Crippen LogP contribution is -2.29. The fourth-order valence-corrected chi connectivity index (χ4v) is 4.93. The van der Waals surface area contributed by atoms with Gasteiger partial charge >= 0.3 is 0 Å². The second-order valence-corrected chi connectivity index (χ2v) is 10.2. The van der Waals surface area contributed by atoms with Crippen LogP contribution in [0.3, 0.4) is 0 Å². The van der Waals surface area contributed by atoms with E-state index in [9.17, 15) is 5.11 Å². The average molecular weight is 634 g/mol. The monoisotopic (exact) mass is 633 g/mol. The van der Waals surface area contributed by atoms with E-state index in [0.29, 0.717) is 51.1 Å². The number of aromatic nitrogens is 3. The smallest absolute Gasteiger partial charge is 0.163 e. The summed E-state index contributed by atoms with van der Waals surface area (Å²) >= 11 is 8.77. The van der Waals surface area contributed by atoms with Gasteiger partial charge in [-0.25, -0.2) is 9.97 Å². The fraction of sp³-hybridized carbons (Fsp3) is 0.308. The number of fused-ring (bicyclic) bond motifs is 1. The van der Waals surface area contributed by atoms with Crippen molar-refractivity contribution in [2.45, 2.75) is 26.1 Å². The van der Waals surface area contributed by atoms with Crippen molar-refractivity contribution in [2.24, 2.45) is 0 Å². The third-order valence-electron chi connectivity index (χ3n) is 6.02.